The molecule has 0 amide bonds. The molecule has 0 N–H and O–H groups in total. The van der Waals surface area contributed by atoms with Gasteiger partial charge >= 0.3 is 0 Å². The number of alkyl halides is 1. The van der Waals surface area contributed by atoms with Gasteiger partial charge in [0.1, 0.15) is 5.75 Å². The first-order chi connectivity index (χ1) is 7.78. The normalized spacial score (nSPS) is 10.1. The summed E-state index contributed by atoms with van der Waals surface area (Å²) in [4.78, 5) is 8.34. The molecule has 2 aromatic rings. The summed E-state index contributed by atoms with van der Waals surface area (Å²) in [6.45, 7) is 1.94. The first kappa shape index (κ1) is 11.1. The van der Waals surface area contributed by atoms with Crippen molar-refractivity contribution in [1.29, 1.82) is 0 Å². The van der Waals surface area contributed by atoms with E-state index in [0.717, 1.165) is 16.6 Å². The molecule has 0 atom stereocenters. The third-order valence-electron chi connectivity index (χ3n) is 2.06. The summed E-state index contributed by atoms with van der Waals surface area (Å²) in [5.41, 5.74) is 2.09. The molecule has 0 aliphatic rings. The minimum absolute atomic E-state index is 0.579. The fourth-order valence-corrected chi connectivity index (χ4v) is 1.52. The van der Waals surface area contributed by atoms with E-state index >= 15 is 0 Å². The van der Waals surface area contributed by atoms with Crippen molar-refractivity contribution in [2.45, 2.75) is 12.3 Å². The highest BCUT2D eigenvalue weighted by atomic mass is 79.9. The molecule has 2 aromatic heterocycles. The molecule has 0 fully saturated rings. The molecule has 0 unspecified atom stereocenters. The van der Waals surface area contributed by atoms with Crippen LogP contribution in [0.25, 0.3) is 0 Å². The highest BCUT2D eigenvalue weighted by molar-refractivity contribution is 9.08. The summed E-state index contributed by atoms with van der Waals surface area (Å²) in [6, 6.07) is 7.60. The first-order valence-corrected chi connectivity index (χ1v) is 6.01. The maximum atomic E-state index is 5.54. The molecule has 0 spiro atoms. The summed E-state index contributed by atoms with van der Waals surface area (Å²) in [6.07, 6.45) is 3.47. The van der Waals surface area contributed by atoms with Gasteiger partial charge in [-0.1, -0.05) is 22.0 Å². The van der Waals surface area contributed by atoms with Gasteiger partial charge in [0.05, 0.1) is 6.20 Å². The van der Waals surface area contributed by atoms with Crippen molar-refractivity contribution in [2.24, 2.45) is 0 Å². The lowest BCUT2D eigenvalue weighted by atomic mass is 10.3. The molecular weight excluding hydrogens is 268 g/mol. The third-order valence-corrected chi connectivity index (χ3v) is 2.71. The van der Waals surface area contributed by atoms with Crippen LogP contribution in [0.2, 0.25) is 0 Å². The van der Waals surface area contributed by atoms with Crippen molar-refractivity contribution in [3.8, 4) is 11.6 Å². The zero-order chi connectivity index (χ0) is 11.4. The Morgan fingerprint density at radius 1 is 1.12 bits per heavy atom. The van der Waals surface area contributed by atoms with E-state index in [1.54, 1.807) is 12.4 Å². The van der Waals surface area contributed by atoms with Gasteiger partial charge in [-0.05, 0) is 24.6 Å². The molecule has 0 aliphatic heterocycles. The zero-order valence-electron chi connectivity index (χ0n) is 8.85. The number of aryl methyl sites for hydroxylation is 1. The second-order valence-corrected chi connectivity index (χ2v) is 3.94. The predicted octanol–water partition coefficient (Wildman–Crippen LogP) is 3.47. The van der Waals surface area contributed by atoms with E-state index in [1.165, 1.54) is 0 Å². The van der Waals surface area contributed by atoms with Crippen molar-refractivity contribution < 1.29 is 4.74 Å². The molecule has 0 radical (unpaired) electrons. The molecule has 16 heavy (non-hydrogen) atoms. The number of halogens is 1. The van der Waals surface area contributed by atoms with Crippen LogP contribution in [0.3, 0.4) is 0 Å². The van der Waals surface area contributed by atoms with Crippen LogP contribution in [0.1, 0.15) is 11.3 Å². The molecular formula is C12H11BrN2O. The predicted molar refractivity (Wildman–Crippen MR) is 65.9 cm³/mol. The Balaban J connectivity index is 2.11. The smallest absolute Gasteiger partial charge is 0.219 e. The van der Waals surface area contributed by atoms with Gasteiger partial charge in [0.2, 0.25) is 5.88 Å². The van der Waals surface area contributed by atoms with Crippen molar-refractivity contribution in [2.75, 3.05) is 0 Å². The number of aromatic nitrogens is 2. The average molecular weight is 279 g/mol. The van der Waals surface area contributed by atoms with Crippen LogP contribution in [0.15, 0.2) is 36.7 Å². The van der Waals surface area contributed by atoms with Crippen LogP contribution in [0, 0.1) is 6.92 Å². The quantitative estimate of drug-likeness (QED) is 0.807. The Hall–Kier alpha value is -1.42. The van der Waals surface area contributed by atoms with Crippen molar-refractivity contribution in [3.63, 3.8) is 0 Å². The minimum atomic E-state index is 0.579. The number of hydrogen-bond acceptors (Lipinski definition) is 3. The molecule has 0 aliphatic carbocycles. The SMILES string of the molecule is Cc1ccc(Oc2ccc(CBr)cn2)cn1. The summed E-state index contributed by atoms with van der Waals surface area (Å²) < 4.78 is 5.54. The molecule has 0 saturated carbocycles. The third kappa shape index (κ3) is 2.79. The molecule has 0 bridgehead atoms. The second-order valence-electron chi connectivity index (χ2n) is 3.38. The number of hydrogen-bond donors (Lipinski definition) is 0. The van der Waals surface area contributed by atoms with Crippen molar-refractivity contribution in [1.82, 2.24) is 9.97 Å². The highest BCUT2D eigenvalue weighted by Gasteiger charge is 1.99. The topological polar surface area (TPSA) is 35.0 Å². The van der Waals surface area contributed by atoms with Crippen LogP contribution in [0.4, 0.5) is 0 Å². The molecule has 4 heteroatoms. The van der Waals surface area contributed by atoms with E-state index in [0.29, 0.717) is 11.6 Å². The maximum absolute atomic E-state index is 5.54. The van der Waals surface area contributed by atoms with E-state index in [9.17, 15) is 0 Å². The number of nitrogens with zero attached hydrogens (tertiary/aromatic N) is 2. The fraction of sp³-hybridized carbons (Fsp3) is 0.167. The van der Waals surface area contributed by atoms with Crippen molar-refractivity contribution >= 4 is 15.9 Å². The first-order valence-electron chi connectivity index (χ1n) is 4.89. The van der Waals surface area contributed by atoms with E-state index in [2.05, 4.69) is 25.9 Å². The van der Waals surface area contributed by atoms with E-state index < -0.39 is 0 Å². The lowest BCUT2D eigenvalue weighted by molar-refractivity contribution is 0.460. The maximum Gasteiger partial charge on any atom is 0.219 e. The van der Waals surface area contributed by atoms with Gasteiger partial charge in [-0.3, -0.25) is 4.98 Å². The average Bonchev–Trinajstić information content (AvgIpc) is 2.33. The molecule has 82 valence electrons. The fourth-order valence-electron chi connectivity index (χ4n) is 1.19. The largest absolute Gasteiger partial charge is 0.437 e. The summed E-state index contributed by atoms with van der Waals surface area (Å²) in [5, 5.41) is 0.798. The lowest BCUT2D eigenvalue weighted by Crippen LogP contribution is -1.90. The molecule has 2 heterocycles. The number of rotatable bonds is 3. The Morgan fingerprint density at radius 3 is 2.56 bits per heavy atom. The van der Waals surface area contributed by atoms with Crippen LogP contribution >= 0.6 is 15.9 Å². The van der Waals surface area contributed by atoms with E-state index in [4.69, 9.17) is 4.74 Å². The van der Waals surface area contributed by atoms with Gasteiger partial charge < -0.3 is 4.74 Å². The Bertz CT molecular complexity index is 453. The van der Waals surface area contributed by atoms with Gasteiger partial charge in [-0.25, -0.2) is 4.98 Å². The molecule has 2 rings (SSSR count). The van der Waals surface area contributed by atoms with Gasteiger partial charge in [-0.15, -0.1) is 0 Å². The Labute approximate surface area is 103 Å². The van der Waals surface area contributed by atoms with Gasteiger partial charge in [0, 0.05) is 23.3 Å². The Kier molecular flexibility index (Phi) is 3.51. The lowest BCUT2D eigenvalue weighted by Gasteiger charge is -2.04. The summed E-state index contributed by atoms with van der Waals surface area (Å²) >= 11 is 3.37. The standard InChI is InChI=1S/C12H11BrN2O/c1-9-2-4-11(8-14-9)16-12-5-3-10(6-13)7-15-12/h2-5,7-8H,6H2,1H3. The highest BCUT2D eigenvalue weighted by Crippen LogP contribution is 2.18. The molecule has 3 nitrogen and oxygen atoms in total. The van der Waals surface area contributed by atoms with E-state index in [-0.39, 0.29) is 0 Å². The van der Waals surface area contributed by atoms with Gasteiger partial charge in [0.15, 0.2) is 0 Å². The summed E-state index contributed by atoms with van der Waals surface area (Å²) in [5.74, 6) is 1.28. The number of pyridine rings is 2. The van der Waals surface area contributed by atoms with Crippen LogP contribution < -0.4 is 4.74 Å². The van der Waals surface area contributed by atoms with Crippen LogP contribution in [-0.2, 0) is 5.33 Å². The van der Waals surface area contributed by atoms with Gasteiger partial charge in [0.25, 0.3) is 0 Å². The monoisotopic (exact) mass is 278 g/mol. The second kappa shape index (κ2) is 5.07. The van der Waals surface area contributed by atoms with E-state index in [1.807, 2.05) is 31.2 Å². The number of ether oxygens (including phenoxy) is 1. The van der Waals surface area contributed by atoms with Crippen LogP contribution in [-0.4, -0.2) is 9.97 Å². The molecule has 0 saturated heterocycles. The summed E-state index contributed by atoms with van der Waals surface area (Å²) in [7, 11) is 0. The minimum Gasteiger partial charge on any atom is -0.437 e. The molecule has 0 aromatic carbocycles. The van der Waals surface area contributed by atoms with Crippen molar-refractivity contribution in [3.05, 3.63) is 47.9 Å². The van der Waals surface area contributed by atoms with Gasteiger partial charge in [-0.2, -0.15) is 0 Å². The zero-order valence-corrected chi connectivity index (χ0v) is 10.4. The van der Waals surface area contributed by atoms with Crippen LogP contribution in [0.5, 0.6) is 11.6 Å². The Morgan fingerprint density at radius 2 is 2.00 bits per heavy atom.